The van der Waals surface area contributed by atoms with E-state index in [1.807, 2.05) is 39.8 Å². The van der Waals surface area contributed by atoms with Crippen LogP contribution in [0.3, 0.4) is 0 Å². The van der Waals surface area contributed by atoms with Crippen molar-refractivity contribution >= 4 is 17.6 Å². The van der Waals surface area contributed by atoms with Gasteiger partial charge in [0.2, 0.25) is 5.91 Å². The Morgan fingerprint density at radius 3 is 2.04 bits per heavy atom. The second kappa shape index (κ2) is 6.08. The molecule has 1 amide bonds. The quantitative estimate of drug-likeness (QED) is 0.827. The van der Waals surface area contributed by atoms with E-state index in [1.54, 1.807) is 0 Å². The Bertz CT molecular complexity index is 710. The number of hydrogen-bond acceptors (Lipinski definition) is 2. The lowest BCUT2D eigenvalue weighted by Gasteiger charge is -2.26. The van der Waals surface area contributed by atoms with Crippen LogP contribution in [0, 0.1) is 37.5 Å². The number of aliphatic carboxylic acids is 1. The summed E-state index contributed by atoms with van der Waals surface area (Å²) in [4.78, 5) is 24.7. The molecule has 0 aromatic heterocycles. The highest BCUT2D eigenvalue weighted by Crippen LogP contribution is 2.57. The zero-order valence-electron chi connectivity index (χ0n) is 14.7. The fraction of sp³-hybridized carbons (Fsp3) is 0.500. The van der Waals surface area contributed by atoms with Gasteiger partial charge in [-0.05, 0) is 75.6 Å². The molecule has 2 aliphatic carbocycles. The van der Waals surface area contributed by atoms with Crippen LogP contribution in [0.25, 0.3) is 0 Å². The topological polar surface area (TPSA) is 66.4 Å². The monoisotopic (exact) mass is 327 g/mol. The van der Waals surface area contributed by atoms with E-state index in [-0.39, 0.29) is 17.7 Å². The van der Waals surface area contributed by atoms with E-state index in [1.165, 1.54) is 11.1 Å². The number of carboxylic acids is 1. The van der Waals surface area contributed by atoms with E-state index >= 15 is 0 Å². The number of rotatable bonds is 3. The van der Waals surface area contributed by atoms with Crippen molar-refractivity contribution < 1.29 is 14.7 Å². The van der Waals surface area contributed by atoms with Gasteiger partial charge in [-0.15, -0.1) is 0 Å². The molecule has 2 N–H and O–H groups in total. The van der Waals surface area contributed by atoms with Crippen LogP contribution in [0.5, 0.6) is 0 Å². The van der Waals surface area contributed by atoms with Gasteiger partial charge in [-0.2, -0.15) is 0 Å². The Labute approximate surface area is 143 Å². The molecule has 0 unspecified atom stereocenters. The van der Waals surface area contributed by atoms with Crippen molar-refractivity contribution in [1.82, 2.24) is 0 Å². The molecule has 4 heteroatoms. The highest BCUT2D eigenvalue weighted by atomic mass is 16.4. The normalized spacial score (nSPS) is 28.1. The van der Waals surface area contributed by atoms with E-state index in [9.17, 15) is 14.7 Å². The fourth-order valence-electron chi connectivity index (χ4n) is 4.88. The number of aryl methyl sites for hydroxylation is 2. The van der Waals surface area contributed by atoms with Gasteiger partial charge in [-0.1, -0.05) is 17.2 Å². The van der Waals surface area contributed by atoms with Gasteiger partial charge in [0, 0.05) is 5.69 Å². The van der Waals surface area contributed by atoms with Gasteiger partial charge < -0.3 is 10.4 Å². The third-order valence-corrected chi connectivity index (χ3v) is 5.50. The van der Waals surface area contributed by atoms with E-state index in [0.29, 0.717) is 0 Å². The van der Waals surface area contributed by atoms with Crippen LogP contribution in [-0.4, -0.2) is 17.0 Å². The standard InChI is InChI=1S/C20H25NO3/c1-10(2)16-14-5-6-15(16)18(20(23)24)17(14)19(22)21-13-8-11(3)7-12(4)9-13/h7-9,14-15,17-18H,5-6H2,1-4H3,(H,21,22)(H,23,24)/t14-,15+,17-,18-/m1/s1. The molecule has 1 aromatic rings. The van der Waals surface area contributed by atoms with Gasteiger partial charge in [0.25, 0.3) is 0 Å². The molecule has 0 spiro atoms. The summed E-state index contributed by atoms with van der Waals surface area (Å²) in [6, 6.07) is 5.90. The van der Waals surface area contributed by atoms with E-state index in [4.69, 9.17) is 0 Å². The summed E-state index contributed by atoms with van der Waals surface area (Å²) in [5.41, 5.74) is 5.30. The first-order valence-electron chi connectivity index (χ1n) is 8.59. The summed E-state index contributed by atoms with van der Waals surface area (Å²) in [5.74, 6) is -1.97. The van der Waals surface area contributed by atoms with Crippen molar-refractivity contribution in [3.63, 3.8) is 0 Å². The fourth-order valence-corrected chi connectivity index (χ4v) is 4.88. The maximum atomic E-state index is 12.9. The minimum absolute atomic E-state index is 0.0208. The molecule has 2 bridgehead atoms. The van der Waals surface area contributed by atoms with Crippen molar-refractivity contribution in [3.8, 4) is 0 Å². The van der Waals surface area contributed by atoms with Crippen LogP contribution in [0.1, 0.15) is 37.8 Å². The Balaban J connectivity index is 1.91. The molecule has 4 nitrogen and oxygen atoms in total. The number of anilines is 1. The second-order valence-corrected chi connectivity index (χ2v) is 7.50. The molecule has 2 saturated carbocycles. The summed E-state index contributed by atoms with van der Waals surface area (Å²) in [5, 5.41) is 12.7. The Morgan fingerprint density at radius 2 is 1.54 bits per heavy atom. The van der Waals surface area contributed by atoms with Crippen LogP contribution in [0.4, 0.5) is 5.69 Å². The summed E-state index contributed by atoms with van der Waals surface area (Å²) < 4.78 is 0. The molecule has 1 aromatic carbocycles. The van der Waals surface area contributed by atoms with E-state index < -0.39 is 17.8 Å². The number of amides is 1. The van der Waals surface area contributed by atoms with Crippen molar-refractivity contribution in [2.75, 3.05) is 5.32 Å². The Hall–Kier alpha value is -2.10. The van der Waals surface area contributed by atoms with Crippen molar-refractivity contribution in [2.24, 2.45) is 23.7 Å². The number of nitrogens with one attached hydrogen (secondary N) is 1. The first-order chi connectivity index (χ1) is 11.3. The predicted molar refractivity (Wildman–Crippen MR) is 93.7 cm³/mol. The number of allylic oxidation sites excluding steroid dienone is 2. The molecule has 3 rings (SSSR count). The van der Waals surface area contributed by atoms with E-state index in [0.717, 1.165) is 29.7 Å². The van der Waals surface area contributed by atoms with Gasteiger partial charge in [-0.3, -0.25) is 9.59 Å². The molecule has 0 radical (unpaired) electrons. The van der Waals surface area contributed by atoms with Gasteiger partial charge in [0.05, 0.1) is 11.8 Å². The SMILES string of the molecule is CC(C)=C1[C@H]2CC[C@@H]1[C@@H](C(=O)O)[C@@H]2C(=O)Nc1cc(C)cc(C)c1. The largest absolute Gasteiger partial charge is 0.481 e. The molecule has 0 aliphatic heterocycles. The first-order valence-corrected chi connectivity index (χ1v) is 8.59. The zero-order chi connectivity index (χ0) is 17.6. The lowest BCUT2D eigenvalue weighted by atomic mass is 9.78. The molecular weight excluding hydrogens is 302 g/mol. The zero-order valence-corrected chi connectivity index (χ0v) is 14.7. The minimum atomic E-state index is -0.846. The molecule has 128 valence electrons. The number of hydrogen-bond donors (Lipinski definition) is 2. The van der Waals surface area contributed by atoms with Gasteiger partial charge >= 0.3 is 5.97 Å². The predicted octanol–water partition coefficient (Wildman–Crippen LogP) is 3.94. The third kappa shape index (κ3) is 2.74. The summed E-state index contributed by atoms with van der Waals surface area (Å²) in [6.07, 6.45) is 1.80. The molecule has 2 fully saturated rings. The Kier molecular flexibility index (Phi) is 4.24. The molecule has 0 heterocycles. The third-order valence-electron chi connectivity index (χ3n) is 5.50. The number of carbonyl (C=O) groups excluding carboxylic acids is 1. The van der Waals surface area contributed by atoms with Crippen LogP contribution in [0.2, 0.25) is 0 Å². The van der Waals surface area contributed by atoms with Gasteiger partial charge in [-0.25, -0.2) is 0 Å². The average molecular weight is 327 g/mol. The van der Waals surface area contributed by atoms with Crippen LogP contribution in [0.15, 0.2) is 29.3 Å². The number of benzene rings is 1. The molecule has 4 atom stereocenters. The second-order valence-electron chi connectivity index (χ2n) is 7.50. The van der Waals surface area contributed by atoms with Gasteiger partial charge in [0.1, 0.15) is 0 Å². The van der Waals surface area contributed by atoms with Crippen molar-refractivity contribution in [1.29, 1.82) is 0 Å². The first kappa shape index (κ1) is 16.7. The molecule has 24 heavy (non-hydrogen) atoms. The maximum absolute atomic E-state index is 12.9. The van der Waals surface area contributed by atoms with Crippen LogP contribution >= 0.6 is 0 Å². The maximum Gasteiger partial charge on any atom is 0.307 e. The van der Waals surface area contributed by atoms with Gasteiger partial charge in [0.15, 0.2) is 0 Å². The summed E-state index contributed by atoms with van der Waals surface area (Å²) in [6.45, 7) is 8.04. The van der Waals surface area contributed by atoms with Crippen molar-refractivity contribution in [3.05, 3.63) is 40.5 Å². The molecular formula is C20H25NO3. The molecule has 2 aliphatic rings. The smallest absolute Gasteiger partial charge is 0.307 e. The van der Waals surface area contributed by atoms with Crippen molar-refractivity contribution in [2.45, 2.75) is 40.5 Å². The number of carboxylic acid groups (broad SMARTS) is 1. The number of carbonyl (C=O) groups is 2. The summed E-state index contributed by atoms with van der Waals surface area (Å²) in [7, 11) is 0. The highest BCUT2D eigenvalue weighted by Gasteiger charge is 2.57. The van der Waals surface area contributed by atoms with Crippen LogP contribution < -0.4 is 5.32 Å². The highest BCUT2D eigenvalue weighted by molar-refractivity contribution is 5.96. The molecule has 0 saturated heterocycles. The van der Waals surface area contributed by atoms with E-state index in [2.05, 4.69) is 11.4 Å². The number of fused-ring (bicyclic) bond motifs is 2. The average Bonchev–Trinajstić information content (AvgIpc) is 3.01. The lowest BCUT2D eigenvalue weighted by Crippen LogP contribution is -2.37. The van der Waals surface area contributed by atoms with Crippen LogP contribution in [-0.2, 0) is 9.59 Å². The Morgan fingerprint density at radius 1 is 1.00 bits per heavy atom. The minimum Gasteiger partial charge on any atom is -0.481 e. The lowest BCUT2D eigenvalue weighted by molar-refractivity contribution is -0.148. The summed E-state index contributed by atoms with van der Waals surface area (Å²) >= 11 is 0.